The van der Waals surface area contributed by atoms with E-state index in [-0.39, 0.29) is 11.9 Å². The lowest BCUT2D eigenvalue weighted by Crippen LogP contribution is -2.48. The van der Waals surface area contributed by atoms with Crippen LogP contribution in [0.1, 0.15) is 44.3 Å². The highest BCUT2D eigenvalue weighted by molar-refractivity contribution is 7.88. The van der Waals surface area contributed by atoms with E-state index in [1.54, 1.807) is 10.5 Å². The highest BCUT2D eigenvalue weighted by Gasteiger charge is 2.30. The number of aromatic nitrogens is 3. The molecule has 0 spiro atoms. The fraction of sp³-hybridized carbons (Fsp3) is 0.500. The summed E-state index contributed by atoms with van der Waals surface area (Å²) in [5.74, 6) is 8.38. The molecule has 12 heteroatoms. The van der Waals surface area contributed by atoms with Gasteiger partial charge in [-0.3, -0.25) is 4.79 Å². The summed E-state index contributed by atoms with van der Waals surface area (Å²) in [7, 11) is 0.693. The van der Waals surface area contributed by atoms with Crippen molar-refractivity contribution in [2.24, 2.45) is 5.92 Å². The van der Waals surface area contributed by atoms with E-state index < -0.39 is 10.0 Å². The molecule has 1 aromatic carbocycles. The van der Waals surface area contributed by atoms with Crippen LogP contribution in [0.15, 0.2) is 54.6 Å². The number of hydrogen-bond donors (Lipinski definition) is 1. The molecule has 3 aliphatic rings. The molecule has 0 radical (unpaired) electrons. The molecule has 11 nitrogen and oxygen atoms in total. The number of amides is 1. The standard InChI is InChI=1S/C34H44N8O3S/c1-38(2)18-23-42(46(3,44)45)28-12-10-26(11-13-28)6-4-9-32-35-16-14-33(37-32)41-17-15-29-30(7-5-8-31(29)41)39-19-21-40(22-20-39)34(43)24-27-25-36-27/h5,7-8,14-17,25-26,28,36H,6,10-13,18-24H2,1-3H3. The largest absolute Gasteiger partial charge is 0.367 e. The summed E-state index contributed by atoms with van der Waals surface area (Å²) in [5, 5.41) is 4.16. The first-order chi connectivity index (χ1) is 22.2. The zero-order valence-electron chi connectivity index (χ0n) is 27.0. The van der Waals surface area contributed by atoms with Gasteiger partial charge in [-0.1, -0.05) is 12.0 Å². The smallest absolute Gasteiger partial charge is 0.228 e. The maximum absolute atomic E-state index is 12.5. The van der Waals surface area contributed by atoms with Gasteiger partial charge in [0.1, 0.15) is 5.82 Å². The van der Waals surface area contributed by atoms with E-state index >= 15 is 0 Å². The molecule has 0 bridgehead atoms. The number of rotatable bonds is 10. The summed E-state index contributed by atoms with van der Waals surface area (Å²) in [6, 6.07) is 10.4. The summed E-state index contributed by atoms with van der Waals surface area (Å²) in [6.45, 7) is 4.27. The summed E-state index contributed by atoms with van der Waals surface area (Å²) in [4.78, 5) is 28.1. The lowest BCUT2D eigenvalue weighted by atomic mass is 9.84. The zero-order valence-corrected chi connectivity index (χ0v) is 27.8. The number of nitrogens with one attached hydrogen (secondary N) is 1. The van der Waals surface area contributed by atoms with Crippen LogP contribution >= 0.6 is 0 Å². The van der Waals surface area contributed by atoms with Crippen LogP contribution in [0.5, 0.6) is 0 Å². The first kappa shape index (κ1) is 32.0. The summed E-state index contributed by atoms with van der Waals surface area (Å²) >= 11 is 0. The van der Waals surface area contributed by atoms with Crippen molar-refractivity contribution in [1.82, 2.24) is 34.0 Å². The Balaban J connectivity index is 1.07. The zero-order chi connectivity index (χ0) is 32.3. The van der Waals surface area contributed by atoms with Crippen molar-refractivity contribution in [2.75, 3.05) is 64.5 Å². The van der Waals surface area contributed by atoms with Crippen LogP contribution in [-0.2, 0) is 14.8 Å². The predicted molar refractivity (Wildman–Crippen MR) is 181 cm³/mol. The van der Waals surface area contributed by atoms with Gasteiger partial charge in [0.15, 0.2) is 0 Å². The Morgan fingerprint density at radius 1 is 1.04 bits per heavy atom. The molecule has 0 unspecified atom stereocenters. The number of anilines is 1. The molecule has 2 fully saturated rings. The molecule has 1 saturated carbocycles. The van der Waals surface area contributed by atoms with E-state index in [1.165, 1.54) is 6.26 Å². The molecular weight excluding hydrogens is 600 g/mol. The van der Waals surface area contributed by atoms with E-state index in [0.29, 0.717) is 37.8 Å². The van der Waals surface area contributed by atoms with Crippen LogP contribution in [0.2, 0.25) is 0 Å². The highest BCUT2D eigenvalue weighted by Crippen LogP contribution is 2.32. The lowest BCUT2D eigenvalue weighted by molar-refractivity contribution is -0.130. The second-order valence-corrected chi connectivity index (χ2v) is 14.8. The Hall–Kier alpha value is -3.92. The van der Waals surface area contributed by atoms with Crippen LogP contribution in [0.25, 0.3) is 16.7 Å². The van der Waals surface area contributed by atoms with Crippen molar-refractivity contribution < 1.29 is 13.2 Å². The Labute approximate surface area is 272 Å². The van der Waals surface area contributed by atoms with Gasteiger partial charge in [0.05, 0.1) is 18.2 Å². The van der Waals surface area contributed by atoms with Gasteiger partial charge >= 0.3 is 0 Å². The number of sulfonamides is 1. The van der Waals surface area contributed by atoms with E-state index in [2.05, 4.69) is 55.9 Å². The average molecular weight is 645 g/mol. The molecule has 1 saturated heterocycles. The SMILES string of the molecule is CN(C)CCN(C1CCC(CC#Cc2nccc(-n3ccc4c(N5CCN(C(=O)CC6=CN6)CC5)cccc43)n2)CC1)S(C)(=O)=O. The minimum absolute atomic E-state index is 0.0673. The highest BCUT2D eigenvalue weighted by atomic mass is 32.2. The van der Waals surface area contributed by atoms with Crippen molar-refractivity contribution in [2.45, 2.75) is 44.6 Å². The molecule has 46 heavy (non-hydrogen) atoms. The summed E-state index contributed by atoms with van der Waals surface area (Å²) in [5.41, 5.74) is 3.24. The van der Waals surface area contributed by atoms with Crippen LogP contribution < -0.4 is 10.2 Å². The molecule has 2 aliphatic heterocycles. The van der Waals surface area contributed by atoms with E-state index in [1.807, 2.05) is 42.4 Å². The first-order valence-electron chi connectivity index (χ1n) is 16.2. The van der Waals surface area contributed by atoms with Gasteiger partial charge in [-0.05, 0) is 75.9 Å². The van der Waals surface area contributed by atoms with Crippen LogP contribution in [-0.4, -0.2) is 109 Å². The van der Waals surface area contributed by atoms with E-state index in [0.717, 1.165) is 79.8 Å². The van der Waals surface area contributed by atoms with E-state index in [4.69, 9.17) is 4.98 Å². The molecule has 244 valence electrons. The Kier molecular flexibility index (Phi) is 9.63. The maximum atomic E-state index is 12.5. The van der Waals surface area contributed by atoms with Gasteiger partial charge in [0, 0.05) is 87.1 Å². The topological polar surface area (TPSA) is 117 Å². The molecule has 0 atom stereocenters. The van der Waals surface area contributed by atoms with Gasteiger partial charge < -0.3 is 24.6 Å². The van der Waals surface area contributed by atoms with Crippen LogP contribution in [0.3, 0.4) is 0 Å². The third-order valence-electron chi connectivity index (χ3n) is 9.27. The van der Waals surface area contributed by atoms with Gasteiger partial charge in [0.25, 0.3) is 0 Å². The summed E-state index contributed by atoms with van der Waals surface area (Å²) in [6.07, 6.45) is 11.9. The van der Waals surface area contributed by atoms with Crippen molar-refractivity contribution in [1.29, 1.82) is 0 Å². The predicted octanol–water partition coefficient (Wildman–Crippen LogP) is 3.03. The van der Waals surface area contributed by atoms with E-state index in [9.17, 15) is 13.2 Å². The number of likely N-dealkylation sites (N-methyl/N-ethyl adjacent to an activating group) is 1. The van der Waals surface area contributed by atoms with Crippen molar-refractivity contribution in [3.63, 3.8) is 0 Å². The average Bonchev–Trinajstić information content (AvgIpc) is 3.75. The third-order valence-corrected chi connectivity index (χ3v) is 10.6. The molecule has 3 aromatic rings. The molecule has 1 N–H and O–H groups in total. The maximum Gasteiger partial charge on any atom is 0.228 e. The molecule has 1 aliphatic carbocycles. The Bertz CT molecular complexity index is 1760. The van der Waals surface area contributed by atoms with Crippen molar-refractivity contribution >= 4 is 32.5 Å². The minimum Gasteiger partial charge on any atom is -0.367 e. The van der Waals surface area contributed by atoms with Crippen LogP contribution in [0, 0.1) is 17.8 Å². The number of fused-ring (bicyclic) bond motifs is 1. The molecule has 6 rings (SSSR count). The Morgan fingerprint density at radius 2 is 1.80 bits per heavy atom. The number of carbonyl (C=O) groups is 1. The minimum atomic E-state index is -3.24. The fourth-order valence-electron chi connectivity index (χ4n) is 6.62. The van der Waals surface area contributed by atoms with Gasteiger partial charge in [-0.2, -0.15) is 4.31 Å². The van der Waals surface area contributed by atoms with Crippen LogP contribution in [0.4, 0.5) is 5.69 Å². The second kappa shape index (κ2) is 13.8. The van der Waals surface area contributed by atoms with Gasteiger partial charge in [0.2, 0.25) is 21.8 Å². The third kappa shape index (κ3) is 7.71. The quantitative estimate of drug-likeness (QED) is 0.335. The number of benzene rings is 1. The van der Waals surface area contributed by atoms with Crippen molar-refractivity contribution in [3.8, 4) is 17.7 Å². The fourth-order valence-corrected chi connectivity index (χ4v) is 7.79. The monoisotopic (exact) mass is 644 g/mol. The molecular formula is C34H44N8O3S. The number of hydrogen-bond acceptors (Lipinski definition) is 8. The van der Waals surface area contributed by atoms with Gasteiger partial charge in [-0.25, -0.2) is 18.4 Å². The number of carbonyl (C=O) groups excluding carboxylic acids is 1. The molecule has 2 aromatic heterocycles. The van der Waals surface area contributed by atoms with Crippen molar-refractivity contribution in [3.05, 3.63) is 60.4 Å². The molecule has 1 amide bonds. The molecule has 4 heterocycles. The second-order valence-electron chi connectivity index (χ2n) is 12.9. The number of nitrogens with zero attached hydrogens (tertiary/aromatic N) is 7. The Morgan fingerprint density at radius 3 is 2.50 bits per heavy atom. The first-order valence-corrected chi connectivity index (χ1v) is 18.0. The lowest BCUT2D eigenvalue weighted by Gasteiger charge is -2.36. The normalized spacial score (nSPS) is 20.0. The number of piperazine rings is 1. The van der Waals surface area contributed by atoms with Gasteiger partial charge in [-0.15, -0.1) is 0 Å². The summed E-state index contributed by atoms with van der Waals surface area (Å²) < 4.78 is 28.6.